The number of hydrogen-bond donors (Lipinski definition) is 1. The molecule has 1 unspecified atom stereocenters. The molecule has 0 saturated carbocycles. The number of halogens is 1. The van der Waals surface area contributed by atoms with E-state index in [0.717, 1.165) is 23.1 Å². The first kappa shape index (κ1) is 27.1. The van der Waals surface area contributed by atoms with Crippen LogP contribution in [-0.4, -0.2) is 41.3 Å². The van der Waals surface area contributed by atoms with Gasteiger partial charge in [-0.25, -0.2) is 4.79 Å². The van der Waals surface area contributed by atoms with Crippen molar-refractivity contribution < 1.29 is 24.2 Å². The number of ketones is 1. The Kier molecular flexibility index (Phi) is 8.32. The molecule has 196 valence electrons. The maximum absolute atomic E-state index is 13.9. The van der Waals surface area contributed by atoms with Gasteiger partial charge in [-0.15, -0.1) is 0 Å². The number of hydrogen-bond acceptors (Lipinski definition) is 5. The number of ether oxygens (including phenoxy) is 2. The topological polar surface area (TPSA) is 85.2 Å². The summed E-state index contributed by atoms with van der Waals surface area (Å²) in [4.78, 5) is 30.0. The van der Waals surface area contributed by atoms with Crippen molar-refractivity contribution in [2.75, 3.05) is 6.61 Å². The average Bonchev–Trinajstić information content (AvgIpc) is 3.37. The first-order chi connectivity index (χ1) is 18.2. The highest BCUT2D eigenvalue weighted by Crippen LogP contribution is 2.36. The fraction of sp³-hybridized carbons (Fsp3) is 0.258. The van der Waals surface area contributed by atoms with Crippen LogP contribution in [0.5, 0.6) is 11.5 Å². The largest absolute Gasteiger partial charge is 0.494 e. The maximum Gasteiger partial charge on any atom is 0.335 e. The molecule has 1 N–H and O–H groups in total. The van der Waals surface area contributed by atoms with Crippen LogP contribution in [0.1, 0.15) is 53.5 Å². The standard InChI is InChI=1S/C31H30ClNO5/c1-4-15-37-25-10-11-26(27(32)18-25)29(34)31(13-6-14-33-31)19-24-17-22(9-12-28(24)38-20(2)3)21-7-5-8-23(16-21)30(35)36/h5-14,16-18,20H,4,15,19H2,1-3H3,(H,35,36). The van der Waals surface area contributed by atoms with Crippen LogP contribution in [0.2, 0.25) is 5.02 Å². The Morgan fingerprint density at radius 1 is 1.05 bits per heavy atom. The summed E-state index contributed by atoms with van der Waals surface area (Å²) in [5.41, 5.74) is 1.68. The highest BCUT2D eigenvalue weighted by molar-refractivity contribution is 6.34. The summed E-state index contributed by atoms with van der Waals surface area (Å²) in [6.07, 6.45) is 6.17. The SMILES string of the molecule is CCCOc1ccc(C(=O)C2(Cc3cc(-c4cccc(C(=O)O)c4)ccc3OC(C)C)C=CC=N2)c(Cl)c1. The number of benzene rings is 3. The second-order valence-electron chi connectivity index (χ2n) is 9.43. The maximum atomic E-state index is 13.9. The number of carbonyl (C=O) groups is 2. The van der Waals surface area contributed by atoms with Gasteiger partial charge in [-0.1, -0.05) is 36.7 Å². The van der Waals surface area contributed by atoms with Crippen LogP contribution >= 0.6 is 11.6 Å². The quantitative estimate of drug-likeness (QED) is 0.267. The molecule has 7 heteroatoms. The number of carboxylic acid groups (broad SMARTS) is 1. The highest BCUT2D eigenvalue weighted by atomic mass is 35.5. The minimum Gasteiger partial charge on any atom is -0.494 e. The van der Waals surface area contributed by atoms with Gasteiger partial charge in [0.25, 0.3) is 0 Å². The predicted octanol–water partition coefficient (Wildman–Crippen LogP) is 7.09. The van der Waals surface area contributed by atoms with Gasteiger partial charge in [0.05, 0.1) is 23.3 Å². The van der Waals surface area contributed by atoms with Crippen molar-refractivity contribution in [3.63, 3.8) is 0 Å². The van der Waals surface area contributed by atoms with Crippen molar-refractivity contribution in [2.24, 2.45) is 4.99 Å². The molecule has 0 saturated heterocycles. The van der Waals surface area contributed by atoms with Gasteiger partial charge in [-0.3, -0.25) is 9.79 Å². The Bertz CT molecular complexity index is 1400. The Labute approximate surface area is 227 Å². The molecule has 1 aliphatic rings. The summed E-state index contributed by atoms with van der Waals surface area (Å²) in [5, 5.41) is 9.73. The fourth-order valence-electron chi connectivity index (χ4n) is 4.35. The minimum absolute atomic E-state index is 0.0886. The summed E-state index contributed by atoms with van der Waals surface area (Å²) in [6.45, 7) is 6.45. The molecule has 0 amide bonds. The Balaban J connectivity index is 1.73. The lowest BCUT2D eigenvalue weighted by Crippen LogP contribution is -2.36. The van der Waals surface area contributed by atoms with Gasteiger partial charge < -0.3 is 14.6 Å². The lowest BCUT2D eigenvalue weighted by molar-refractivity contribution is 0.0696. The van der Waals surface area contributed by atoms with Crippen LogP contribution < -0.4 is 9.47 Å². The molecular formula is C31H30ClNO5. The molecule has 1 heterocycles. The summed E-state index contributed by atoms with van der Waals surface area (Å²) >= 11 is 6.54. The van der Waals surface area contributed by atoms with Crippen LogP contribution in [0.4, 0.5) is 0 Å². The number of aliphatic imine (C=N–C) groups is 1. The van der Waals surface area contributed by atoms with E-state index in [1.54, 1.807) is 54.8 Å². The van der Waals surface area contributed by atoms with Crippen LogP contribution in [0, 0.1) is 0 Å². The molecule has 3 aromatic carbocycles. The number of aromatic carboxylic acids is 1. The fourth-order valence-corrected chi connectivity index (χ4v) is 4.61. The number of allylic oxidation sites excluding steroid dienone is 1. The van der Waals surface area contributed by atoms with Gasteiger partial charge in [0.2, 0.25) is 0 Å². The molecule has 0 aromatic heterocycles. The minimum atomic E-state index is -1.20. The van der Waals surface area contributed by atoms with E-state index in [2.05, 4.69) is 4.99 Å². The number of nitrogens with zero attached hydrogens (tertiary/aromatic N) is 1. The smallest absolute Gasteiger partial charge is 0.335 e. The van der Waals surface area contributed by atoms with Crippen LogP contribution in [-0.2, 0) is 6.42 Å². The third kappa shape index (κ3) is 5.97. The van der Waals surface area contributed by atoms with Crippen molar-refractivity contribution in [3.8, 4) is 22.6 Å². The number of carboxylic acids is 1. The van der Waals surface area contributed by atoms with Gasteiger partial charge in [0.15, 0.2) is 5.78 Å². The zero-order valence-electron chi connectivity index (χ0n) is 21.6. The normalized spacial score (nSPS) is 16.1. The molecule has 0 aliphatic carbocycles. The lowest BCUT2D eigenvalue weighted by Gasteiger charge is -2.26. The van der Waals surface area contributed by atoms with Crippen LogP contribution in [0.3, 0.4) is 0 Å². The van der Waals surface area contributed by atoms with Crippen molar-refractivity contribution in [1.82, 2.24) is 0 Å². The summed E-state index contributed by atoms with van der Waals surface area (Å²) in [7, 11) is 0. The average molecular weight is 532 g/mol. The monoisotopic (exact) mass is 531 g/mol. The third-order valence-corrected chi connectivity index (χ3v) is 6.45. The van der Waals surface area contributed by atoms with E-state index in [4.69, 9.17) is 21.1 Å². The van der Waals surface area contributed by atoms with Crippen molar-refractivity contribution in [2.45, 2.75) is 45.3 Å². The Morgan fingerprint density at radius 3 is 2.50 bits per heavy atom. The molecule has 1 atom stereocenters. The lowest BCUT2D eigenvalue weighted by atomic mass is 9.83. The van der Waals surface area contributed by atoms with Gasteiger partial charge in [0.1, 0.15) is 17.0 Å². The zero-order valence-corrected chi connectivity index (χ0v) is 22.4. The van der Waals surface area contributed by atoms with Gasteiger partial charge >= 0.3 is 5.97 Å². The molecule has 3 aromatic rings. The molecule has 0 bridgehead atoms. The molecule has 0 radical (unpaired) electrons. The zero-order chi connectivity index (χ0) is 27.3. The second kappa shape index (κ2) is 11.7. The van der Waals surface area contributed by atoms with E-state index in [1.807, 2.05) is 45.0 Å². The Morgan fingerprint density at radius 2 is 1.84 bits per heavy atom. The molecule has 38 heavy (non-hydrogen) atoms. The molecule has 6 nitrogen and oxygen atoms in total. The third-order valence-electron chi connectivity index (χ3n) is 6.14. The van der Waals surface area contributed by atoms with E-state index in [0.29, 0.717) is 28.7 Å². The van der Waals surface area contributed by atoms with Crippen molar-refractivity contribution >= 4 is 29.6 Å². The van der Waals surface area contributed by atoms with Crippen LogP contribution in [0.15, 0.2) is 77.8 Å². The molecule has 0 spiro atoms. The van der Waals surface area contributed by atoms with E-state index in [9.17, 15) is 14.7 Å². The Hall–Kier alpha value is -3.90. The summed E-state index contributed by atoms with van der Waals surface area (Å²) in [5.74, 6) is 0.0140. The van der Waals surface area contributed by atoms with E-state index >= 15 is 0 Å². The second-order valence-corrected chi connectivity index (χ2v) is 9.84. The number of Topliss-reactive ketones (excluding diaryl/α,β-unsaturated/α-hetero) is 1. The molecule has 1 aliphatic heterocycles. The first-order valence-corrected chi connectivity index (χ1v) is 12.9. The van der Waals surface area contributed by atoms with E-state index in [1.165, 1.54) is 0 Å². The van der Waals surface area contributed by atoms with Crippen molar-refractivity contribution in [1.29, 1.82) is 0 Å². The first-order valence-electron chi connectivity index (χ1n) is 12.6. The highest BCUT2D eigenvalue weighted by Gasteiger charge is 2.39. The predicted molar refractivity (Wildman–Crippen MR) is 150 cm³/mol. The molecular weight excluding hydrogens is 502 g/mol. The van der Waals surface area contributed by atoms with Gasteiger partial charge in [0, 0.05) is 18.2 Å². The van der Waals surface area contributed by atoms with Crippen LogP contribution in [0.25, 0.3) is 11.1 Å². The van der Waals surface area contributed by atoms with E-state index in [-0.39, 0.29) is 23.9 Å². The molecule has 4 rings (SSSR count). The van der Waals surface area contributed by atoms with Gasteiger partial charge in [-0.05, 0) is 91.6 Å². The van der Waals surface area contributed by atoms with Crippen molar-refractivity contribution in [3.05, 3.63) is 94.5 Å². The summed E-state index contributed by atoms with van der Waals surface area (Å²) in [6, 6.07) is 17.5. The number of rotatable bonds is 11. The molecule has 0 fully saturated rings. The number of carbonyl (C=O) groups excluding carboxylic acids is 1. The summed E-state index contributed by atoms with van der Waals surface area (Å²) < 4.78 is 11.7. The van der Waals surface area contributed by atoms with Gasteiger partial charge in [-0.2, -0.15) is 0 Å². The van der Waals surface area contributed by atoms with E-state index < -0.39 is 11.5 Å².